The lowest BCUT2D eigenvalue weighted by atomic mass is 9.69. The second kappa shape index (κ2) is 17.4. The first-order valence-corrected chi connectivity index (χ1v) is 21.9. The summed E-state index contributed by atoms with van der Waals surface area (Å²) in [6.45, 7) is 12.5. The molecule has 324 valence electrons. The Morgan fingerprint density at radius 2 is 1.66 bits per heavy atom. The van der Waals surface area contributed by atoms with Gasteiger partial charge >= 0.3 is 0 Å². The number of fused-ring (bicyclic) bond motifs is 5. The zero-order valence-corrected chi connectivity index (χ0v) is 36.7. The Hall–Kier alpha value is -7.39. The van der Waals surface area contributed by atoms with E-state index >= 15 is 0 Å². The summed E-state index contributed by atoms with van der Waals surface area (Å²) in [5.74, 6) is 9.92. The number of aromatic amines is 1. The van der Waals surface area contributed by atoms with Gasteiger partial charge < -0.3 is 30.0 Å². The first-order valence-electron chi connectivity index (χ1n) is 21.9. The van der Waals surface area contributed by atoms with Crippen LogP contribution in [0.3, 0.4) is 0 Å². The Kier molecular flexibility index (Phi) is 11.8. The zero-order chi connectivity index (χ0) is 45.4. The topological polar surface area (TPSA) is 177 Å². The third kappa shape index (κ3) is 7.20. The molecule has 13 heteroatoms. The number of hydrogen-bond acceptors (Lipinski definition) is 10. The molecular weight excluding hydrogens is 807 g/mol. The summed E-state index contributed by atoms with van der Waals surface area (Å²) >= 11 is 0. The minimum atomic E-state index is -0.744. The molecule has 0 saturated carbocycles. The van der Waals surface area contributed by atoms with E-state index in [4.69, 9.17) is 0 Å². The highest BCUT2D eigenvalue weighted by Gasteiger charge is 2.40. The minimum Gasteiger partial charge on any atom is -0.384 e. The molecule has 4 heterocycles. The predicted octanol–water partition coefficient (Wildman–Crippen LogP) is 4.92. The lowest BCUT2D eigenvalue weighted by Gasteiger charge is -2.46. The Bertz CT molecular complexity index is 3130. The molecule has 0 bridgehead atoms. The first-order chi connectivity index (χ1) is 30.9. The van der Waals surface area contributed by atoms with Crippen molar-refractivity contribution in [2.75, 3.05) is 29.9 Å². The number of nitrogens with zero attached hydrogens (tertiary/aromatic N) is 4. The largest absolute Gasteiger partial charge is 0.384 e. The van der Waals surface area contributed by atoms with Crippen molar-refractivity contribution in [3.8, 4) is 6.07 Å². The van der Waals surface area contributed by atoms with Crippen molar-refractivity contribution in [2.45, 2.75) is 103 Å². The first kappa shape index (κ1) is 43.3. The van der Waals surface area contributed by atoms with E-state index < -0.39 is 11.5 Å². The van der Waals surface area contributed by atoms with Gasteiger partial charge in [-0.3, -0.25) is 4.79 Å². The van der Waals surface area contributed by atoms with Crippen LogP contribution in [0, 0.1) is 11.3 Å². The zero-order valence-electron chi connectivity index (χ0n) is 36.7. The second-order valence-corrected chi connectivity index (χ2v) is 17.6. The Balaban J connectivity index is 0.921. The molecule has 3 atom stereocenters. The molecule has 1 amide bonds. The van der Waals surface area contributed by atoms with Crippen molar-refractivity contribution in [1.29, 1.82) is 5.26 Å². The number of benzene rings is 3. The third-order valence-electron chi connectivity index (χ3n) is 13.4. The maximum absolute atomic E-state index is 13.8. The van der Waals surface area contributed by atoms with Crippen LogP contribution >= 0.6 is 0 Å². The number of unbranched alkanes of at least 4 members (excludes halogenated alkanes) is 2. The molecule has 2 aliphatic heterocycles. The van der Waals surface area contributed by atoms with E-state index in [-0.39, 0.29) is 52.9 Å². The fourth-order valence-corrected chi connectivity index (χ4v) is 10.4. The number of aromatic nitrogens is 2. The summed E-state index contributed by atoms with van der Waals surface area (Å²) in [7, 11) is 0. The molecule has 2 aromatic heterocycles. The minimum absolute atomic E-state index is 0.0217. The summed E-state index contributed by atoms with van der Waals surface area (Å²) in [6, 6.07) is 16.6. The maximum atomic E-state index is 13.8. The van der Waals surface area contributed by atoms with Crippen LogP contribution in [0.15, 0.2) is 59.9 Å². The molecule has 3 unspecified atom stereocenters. The Morgan fingerprint density at radius 3 is 2.33 bits per heavy atom. The summed E-state index contributed by atoms with van der Waals surface area (Å²) in [4.78, 5) is 82.4. The number of amides is 1. The van der Waals surface area contributed by atoms with E-state index in [1.807, 2.05) is 40.9 Å². The van der Waals surface area contributed by atoms with Gasteiger partial charge in [-0.15, -0.1) is 0 Å². The van der Waals surface area contributed by atoms with E-state index in [0.717, 1.165) is 63.8 Å². The number of hydrogen-bond donors (Lipinski definition) is 3. The molecule has 0 spiro atoms. The van der Waals surface area contributed by atoms with Crippen molar-refractivity contribution in [2.24, 2.45) is 0 Å². The van der Waals surface area contributed by atoms with Gasteiger partial charge in [0, 0.05) is 94.3 Å². The predicted molar refractivity (Wildman–Crippen MR) is 245 cm³/mol. The fraction of sp³-hybridized carbons (Fsp3) is 0.373. The molecule has 2 fully saturated rings. The summed E-state index contributed by atoms with van der Waals surface area (Å²) < 4.78 is 1.45. The van der Waals surface area contributed by atoms with Crippen molar-refractivity contribution in [3.63, 3.8) is 0 Å². The number of allylic oxidation sites excluding steroid dienone is 2. The number of piperidine rings is 1. The van der Waals surface area contributed by atoms with E-state index in [2.05, 4.69) is 79.3 Å². The van der Waals surface area contributed by atoms with E-state index in [1.165, 1.54) is 4.57 Å². The SMILES string of the molecule is CCc1cc2c(cc1N1CC(C)N(C(=O)CCCCCNc3cccc4c(=C=O)n(C5CCC(=C=O)NC5=C=O)c(=C=O)c34)C(C)C1)C(C)(C)c1[nH]c3cc(C#N)ccc3c1C2=C=O. The van der Waals surface area contributed by atoms with Gasteiger partial charge in [0.15, 0.2) is 11.9 Å². The van der Waals surface area contributed by atoms with Crippen LogP contribution in [-0.4, -0.2) is 81.8 Å². The van der Waals surface area contributed by atoms with Crippen LogP contribution in [0.25, 0.3) is 27.2 Å². The van der Waals surface area contributed by atoms with E-state index in [9.17, 15) is 34.0 Å². The number of carbonyl (C=O) groups is 1. The highest BCUT2D eigenvalue weighted by atomic mass is 16.2. The molecule has 2 saturated heterocycles. The average molecular weight is 856 g/mol. The molecular formula is C51H49N7O6. The van der Waals surface area contributed by atoms with E-state index in [1.54, 1.807) is 24.1 Å². The van der Waals surface area contributed by atoms with Crippen molar-refractivity contribution < 1.29 is 28.8 Å². The number of nitrogens with one attached hydrogen (secondary N) is 3. The summed E-state index contributed by atoms with van der Waals surface area (Å²) in [6.07, 6.45) is 3.95. The van der Waals surface area contributed by atoms with Crippen LogP contribution in [0.2, 0.25) is 0 Å². The number of H-pyrrole nitrogens is 1. The molecule has 8 rings (SSSR count). The number of nitriles is 1. The second-order valence-electron chi connectivity index (χ2n) is 17.6. The van der Waals surface area contributed by atoms with Gasteiger partial charge in [0.05, 0.1) is 23.2 Å². The van der Waals surface area contributed by atoms with Gasteiger partial charge in [-0.05, 0) is 86.6 Å². The van der Waals surface area contributed by atoms with E-state index in [0.29, 0.717) is 60.1 Å². The van der Waals surface area contributed by atoms with Gasteiger partial charge in [-0.25, -0.2) is 24.0 Å². The smallest absolute Gasteiger partial charge is 0.223 e. The normalized spacial score (nSPS) is 18.8. The molecule has 13 nitrogen and oxygen atoms in total. The Labute approximate surface area is 370 Å². The molecule has 3 aromatic carbocycles. The number of carbonyl (C=O) groups excluding carboxylic acids is 6. The van der Waals surface area contributed by atoms with Crippen LogP contribution < -0.4 is 26.2 Å². The lowest BCUT2D eigenvalue weighted by Crippen LogP contribution is -2.59. The van der Waals surface area contributed by atoms with Crippen LogP contribution in [0.5, 0.6) is 0 Å². The third-order valence-corrected chi connectivity index (χ3v) is 13.4. The highest BCUT2D eigenvalue weighted by molar-refractivity contribution is 6.10. The van der Waals surface area contributed by atoms with Crippen LogP contribution in [0.4, 0.5) is 11.4 Å². The molecule has 3 aliphatic rings. The van der Waals surface area contributed by atoms with Crippen molar-refractivity contribution in [3.05, 3.63) is 104 Å². The van der Waals surface area contributed by atoms with Crippen molar-refractivity contribution >= 4 is 74.2 Å². The standard InChI is InChI=1S/C51H49N7O6/c1-6-33-20-37-38(26-60)48-35-16-14-32(22-52)19-41(35)55-50(48)51(4,5)39(37)21-44(33)56-23-30(2)57(31(3)24-56)47(64)13-8-7-9-18-53-40-12-10-11-36-45(28-62)58(46(29-63)49(36)40)43-17-15-34(25-59)54-42(43)27-61/h10-12,14,16,19-21,30-31,43,53-55H,6-9,13,15,17-18,23-24H2,1-5H3. The molecule has 3 N–H and O–H groups in total. The van der Waals surface area contributed by atoms with Crippen molar-refractivity contribution in [1.82, 2.24) is 19.8 Å². The monoisotopic (exact) mass is 855 g/mol. The number of piperazine rings is 1. The number of aryl methyl sites for hydroxylation is 1. The maximum Gasteiger partial charge on any atom is 0.223 e. The fourth-order valence-electron chi connectivity index (χ4n) is 10.4. The van der Waals surface area contributed by atoms with Gasteiger partial charge in [0.2, 0.25) is 5.91 Å². The quantitative estimate of drug-likeness (QED) is 0.129. The summed E-state index contributed by atoms with van der Waals surface area (Å²) in [5.41, 5.74) is 8.15. The molecule has 64 heavy (non-hydrogen) atoms. The number of anilines is 2. The molecule has 0 radical (unpaired) electrons. The average Bonchev–Trinajstić information content (AvgIpc) is 3.85. The number of rotatable bonds is 10. The molecule has 1 aliphatic carbocycles. The lowest BCUT2D eigenvalue weighted by molar-refractivity contribution is -0.136. The van der Waals surface area contributed by atoms with Crippen LogP contribution in [-0.2, 0) is 40.6 Å². The van der Waals surface area contributed by atoms with Gasteiger partial charge in [-0.1, -0.05) is 45.4 Å². The van der Waals surface area contributed by atoms with Gasteiger partial charge in [0.25, 0.3) is 0 Å². The molecule has 5 aromatic rings. The van der Waals surface area contributed by atoms with Gasteiger partial charge in [-0.2, -0.15) is 5.26 Å². The Morgan fingerprint density at radius 1 is 0.891 bits per heavy atom. The van der Waals surface area contributed by atoms with Crippen LogP contribution in [0.1, 0.15) is 113 Å². The highest BCUT2D eigenvalue weighted by Crippen LogP contribution is 2.50. The summed E-state index contributed by atoms with van der Waals surface area (Å²) in [5, 5.41) is 17.7. The van der Waals surface area contributed by atoms with Gasteiger partial charge in [0.1, 0.15) is 39.9 Å².